The third kappa shape index (κ3) is 0.975. The first-order valence-electron chi connectivity index (χ1n) is 3.36. The van der Waals surface area contributed by atoms with Crippen LogP contribution >= 0.6 is 0 Å². The number of aromatic nitrogens is 3. The van der Waals surface area contributed by atoms with E-state index in [1.807, 2.05) is 0 Å². The zero-order valence-corrected chi connectivity index (χ0v) is 6.28. The lowest BCUT2D eigenvalue weighted by Gasteiger charge is -2.01. The minimum atomic E-state index is -0.572. The Balaban J connectivity index is 2.75. The Kier molecular flexibility index (Phi) is 1.38. The van der Waals surface area contributed by atoms with Gasteiger partial charge in [-0.25, -0.2) is 9.97 Å². The van der Waals surface area contributed by atoms with E-state index in [0.717, 1.165) is 18.6 Å². The smallest absolute Gasteiger partial charge is 0.300 e. The molecule has 0 atom stereocenters. The highest BCUT2D eigenvalue weighted by Gasteiger charge is 2.22. The molecule has 2 aliphatic heterocycles. The van der Waals surface area contributed by atoms with Crippen LogP contribution in [0.25, 0.3) is 11.5 Å². The molecule has 1 N–H and O–H groups in total. The molecular weight excluding hydrogens is 176 g/mol. The molecule has 0 aromatic rings. The summed E-state index contributed by atoms with van der Waals surface area (Å²) in [4.78, 5) is 17.2. The zero-order chi connectivity index (χ0) is 9.42. The molecule has 66 valence electrons. The monoisotopic (exact) mass is 180 g/mol. The standard InChI is InChI=1S/C6H4N4O3/c11-9-2-1-4(10(12)13)5-6(9)8-3-7-5/h1-3,11H. The summed E-state index contributed by atoms with van der Waals surface area (Å²) in [5, 5.41) is 19.6. The summed E-state index contributed by atoms with van der Waals surface area (Å²) >= 11 is 0. The Bertz CT molecular complexity index is 438. The van der Waals surface area contributed by atoms with Gasteiger partial charge in [0.05, 0.1) is 11.1 Å². The van der Waals surface area contributed by atoms with Crippen LogP contribution in [0.4, 0.5) is 5.69 Å². The quantitative estimate of drug-likeness (QED) is 0.392. The number of hydrogen-bond acceptors (Lipinski definition) is 5. The van der Waals surface area contributed by atoms with Crippen molar-refractivity contribution in [3.8, 4) is 11.5 Å². The van der Waals surface area contributed by atoms with Crippen LogP contribution in [0.2, 0.25) is 0 Å². The van der Waals surface area contributed by atoms with Crippen molar-refractivity contribution in [3.63, 3.8) is 0 Å². The van der Waals surface area contributed by atoms with Gasteiger partial charge < -0.3 is 5.21 Å². The lowest BCUT2D eigenvalue weighted by molar-refractivity contribution is -0.384. The van der Waals surface area contributed by atoms with Crippen LogP contribution in [0.5, 0.6) is 0 Å². The van der Waals surface area contributed by atoms with Gasteiger partial charge >= 0.3 is 0 Å². The van der Waals surface area contributed by atoms with Gasteiger partial charge in [0, 0.05) is 6.07 Å². The SMILES string of the molecule is O=[N+]([O-])c1ccn(O)c2ncnc1-2. The lowest BCUT2D eigenvalue weighted by atomic mass is 10.3. The van der Waals surface area contributed by atoms with Crippen LogP contribution in [-0.4, -0.2) is 24.8 Å². The predicted molar refractivity (Wildman–Crippen MR) is 40.5 cm³/mol. The van der Waals surface area contributed by atoms with Gasteiger partial charge in [0.15, 0.2) is 5.69 Å². The molecule has 0 radical (unpaired) electrons. The van der Waals surface area contributed by atoms with E-state index in [1.54, 1.807) is 0 Å². The molecular formula is C6H4N4O3. The Labute approximate surface area is 71.7 Å². The molecule has 0 unspecified atom stereocenters. The highest BCUT2D eigenvalue weighted by atomic mass is 16.6. The van der Waals surface area contributed by atoms with Crippen molar-refractivity contribution in [2.24, 2.45) is 0 Å². The number of nitrogens with zero attached hydrogens (tertiary/aromatic N) is 4. The Morgan fingerprint density at radius 1 is 1.54 bits per heavy atom. The number of nitro groups is 1. The van der Waals surface area contributed by atoms with Gasteiger partial charge in [0.2, 0.25) is 5.82 Å². The summed E-state index contributed by atoms with van der Waals surface area (Å²) in [6.07, 6.45) is 2.31. The maximum absolute atomic E-state index is 10.5. The maximum atomic E-state index is 10.5. The van der Waals surface area contributed by atoms with E-state index in [0.29, 0.717) is 4.73 Å². The van der Waals surface area contributed by atoms with Crippen LogP contribution in [-0.2, 0) is 0 Å². The van der Waals surface area contributed by atoms with Crippen molar-refractivity contribution >= 4 is 5.69 Å². The van der Waals surface area contributed by atoms with E-state index in [2.05, 4.69) is 9.97 Å². The van der Waals surface area contributed by atoms with E-state index in [-0.39, 0.29) is 17.2 Å². The lowest BCUT2D eigenvalue weighted by Crippen LogP contribution is -2.01. The van der Waals surface area contributed by atoms with E-state index < -0.39 is 4.92 Å². The van der Waals surface area contributed by atoms with Gasteiger partial charge in [0.1, 0.15) is 6.33 Å². The fourth-order valence-corrected chi connectivity index (χ4v) is 1.05. The number of hydrogen-bond donors (Lipinski definition) is 1. The first-order chi connectivity index (χ1) is 6.20. The maximum Gasteiger partial charge on any atom is 0.300 e. The summed E-state index contributed by atoms with van der Waals surface area (Å²) in [5.41, 5.74) is -0.0900. The molecule has 0 fully saturated rings. The molecule has 2 rings (SSSR count). The molecule has 0 saturated carbocycles. The molecule has 7 heteroatoms. The predicted octanol–water partition coefficient (Wildman–Crippen LogP) is 0.528. The van der Waals surface area contributed by atoms with Crippen LogP contribution in [0.15, 0.2) is 18.6 Å². The number of imidazole rings is 1. The van der Waals surface area contributed by atoms with Crippen molar-refractivity contribution in [1.29, 1.82) is 0 Å². The molecule has 0 amide bonds. The van der Waals surface area contributed by atoms with E-state index in [1.165, 1.54) is 0 Å². The average Bonchev–Trinajstić information content (AvgIpc) is 2.53. The van der Waals surface area contributed by atoms with Crippen LogP contribution in [0.3, 0.4) is 0 Å². The summed E-state index contributed by atoms with van der Waals surface area (Å²) < 4.78 is 0.690. The van der Waals surface area contributed by atoms with Crippen LogP contribution < -0.4 is 0 Å². The van der Waals surface area contributed by atoms with Crippen molar-refractivity contribution in [2.75, 3.05) is 0 Å². The number of rotatable bonds is 1. The minimum absolute atomic E-state index is 0.0780. The second kappa shape index (κ2) is 2.41. The summed E-state index contributed by atoms with van der Waals surface area (Å²) in [6, 6.07) is 1.16. The topological polar surface area (TPSA) is 94.1 Å². The number of fused-ring (bicyclic) bond motifs is 1. The summed E-state index contributed by atoms with van der Waals surface area (Å²) in [5.74, 6) is 0.0780. The third-order valence-electron chi connectivity index (χ3n) is 1.61. The molecule has 13 heavy (non-hydrogen) atoms. The van der Waals surface area contributed by atoms with Crippen molar-refractivity contribution in [2.45, 2.75) is 0 Å². The molecule has 0 aliphatic carbocycles. The fourth-order valence-electron chi connectivity index (χ4n) is 1.05. The third-order valence-corrected chi connectivity index (χ3v) is 1.61. The Morgan fingerprint density at radius 2 is 2.31 bits per heavy atom. The second-order valence-electron chi connectivity index (χ2n) is 2.35. The van der Waals surface area contributed by atoms with Gasteiger partial charge in [-0.15, -0.1) is 0 Å². The van der Waals surface area contributed by atoms with Gasteiger partial charge in [-0.1, -0.05) is 0 Å². The molecule has 7 nitrogen and oxygen atoms in total. The molecule has 0 spiro atoms. The molecule has 2 heterocycles. The normalized spacial score (nSPS) is 10.5. The molecule has 0 bridgehead atoms. The van der Waals surface area contributed by atoms with Gasteiger partial charge in [-0.3, -0.25) is 10.1 Å². The highest BCUT2D eigenvalue weighted by molar-refractivity contribution is 5.64. The minimum Gasteiger partial charge on any atom is -0.427 e. The first-order valence-corrected chi connectivity index (χ1v) is 3.36. The highest BCUT2D eigenvalue weighted by Crippen LogP contribution is 2.26. The van der Waals surface area contributed by atoms with Gasteiger partial charge in [0.25, 0.3) is 5.69 Å². The zero-order valence-electron chi connectivity index (χ0n) is 6.28. The van der Waals surface area contributed by atoms with E-state index >= 15 is 0 Å². The van der Waals surface area contributed by atoms with Gasteiger partial charge in [-0.2, -0.15) is 4.73 Å². The average molecular weight is 180 g/mol. The molecule has 0 saturated heterocycles. The molecule has 0 aromatic carbocycles. The fraction of sp³-hybridized carbons (Fsp3) is 0. The van der Waals surface area contributed by atoms with Crippen molar-refractivity contribution in [3.05, 3.63) is 28.7 Å². The van der Waals surface area contributed by atoms with Crippen molar-refractivity contribution in [1.82, 2.24) is 14.7 Å². The van der Waals surface area contributed by atoms with E-state index in [9.17, 15) is 10.1 Å². The Morgan fingerprint density at radius 3 is 3.00 bits per heavy atom. The van der Waals surface area contributed by atoms with Crippen molar-refractivity contribution < 1.29 is 10.1 Å². The molecule has 0 aromatic heterocycles. The second-order valence-corrected chi connectivity index (χ2v) is 2.35. The van der Waals surface area contributed by atoms with Crippen LogP contribution in [0.1, 0.15) is 0 Å². The largest absolute Gasteiger partial charge is 0.427 e. The van der Waals surface area contributed by atoms with Gasteiger partial charge in [-0.05, 0) is 0 Å². The van der Waals surface area contributed by atoms with Crippen LogP contribution in [0, 0.1) is 10.1 Å². The van der Waals surface area contributed by atoms with E-state index in [4.69, 9.17) is 5.21 Å². The summed E-state index contributed by atoms with van der Waals surface area (Å²) in [7, 11) is 0. The summed E-state index contributed by atoms with van der Waals surface area (Å²) in [6.45, 7) is 0. The first kappa shape index (κ1) is 7.47. The Hall–Kier alpha value is -2.18. The number of pyridine rings is 1. The molecule has 2 aliphatic rings.